The first-order valence-electron chi connectivity index (χ1n) is 13.4. The zero-order chi connectivity index (χ0) is 26.3. The molecule has 37 heavy (non-hydrogen) atoms. The molecule has 1 aliphatic heterocycles. The molecule has 2 heterocycles. The lowest BCUT2D eigenvalue weighted by atomic mass is 9.62. The zero-order valence-electron chi connectivity index (χ0n) is 21.9. The molecule has 9 nitrogen and oxygen atoms in total. The highest BCUT2D eigenvalue weighted by molar-refractivity contribution is 5.88. The Morgan fingerprint density at radius 2 is 1.84 bits per heavy atom. The van der Waals surface area contributed by atoms with Gasteiger partial charge in [0.15, 0.2) is 0 Å². The number of likely N-dealkylation sites (tertiary alicyclic amines) is 1. The number of imidazole rings is 1. The molecule has 4 rings (SSSR count). The molecule has 2 fully saturated rings. The summed E-state index contributed by atoms with van der Waals surface area (Å²) in [5.41, 5.74) is 1.37. The molecule has 1 saturated carbocycles. The smallest absolute Gasteiger partial charge is 0.315 e. The number of rotatable bonds is 9. The summed E-state index contributed by atoms with van der Waals surface area (Å²) >= 11 is 0. The number of H-pyrrole nitrogens is 1. The Hall–Kier alpha value is -3.36. The fourth-order valence-electron chi connectivity index (χ4n) is 6.01. The number of benzene rings is 1. The topological polar surface area (TPSA) is 116 Å². The fourth-order valence-corrected chi connectivity index (χ4v) is 6.01. The van der Waals surface area contributed by atoms with Gasteiger partial charge in [0.1, 0.15) is 17.6 Å². The van der Waals surface area contributed by atoms with Crippen LogP contribution in [0.3, 0.4) is 0 Å². The van der Waals surface area contributed by atoms with E-state index in [1.807, 2.05) is 29.2 Å². The van der Waals surface area contributed by atoms with Gasteiger partial charge in [0.05, 0.1) is 25.7 Å². The Morgan fingerprint density at radius 1 is 1.14 bits per heavy atom. The van der Waals surface area contributed by atoms with E-state index in [4.69, 9.17) is 4.74 Å². The minimum absolute atomic E-state index is 0.117. The van der Waals surface area contributed by atoms with E-state index in [-0.39, 0.29) is 23.7 Å². The molecule has 2 aromatic rings. The Labute approximate surface area is 218 Å². The molecular weight excluding hydrogens is 470 g/mol. The SMILES string of the molecule is COc1ccc(CC(NC(=O)NCc2cnc[nH]2)C(=O)N2CCC(C(C)=O)(C3CCCCC3)CC2)cc1. The van der Waals surface area contributed by atoms with Crippen LogP contribution in [0.5, 0.6) is 5.75 Å². The molecule has 1 aliphatic carbocycles. The molecule has 3 amide bonds. The number of carbonyl (C=O) groups is 3. The highest BCUT2D eigenvalue weighted by atomic mass is 16.5. The van der Waals surface area contributed by atoms with Gasteiger partial charge in [-0.25, -0.2) is 9.78 Å². The minimum atomic E-state index is -0.727. The van der Waals surface area contributed by atoms with Crippen LogP contribution in [0.4, 0.5) is 4.79 Å². The van der Waals surface area contributed by atoms with Gasteiger partial charge < -0.3 is 25.3 Å². The number of carbonyl (C=O) groups excluding carboxylic acids is 3. The molecule has 200 valence electrons. The largest absolute Gasteiger partial charge is 0.497 e. The van der Waals surface area contributed by atoms with E-state index < -0.39 is 12.1 Å². The third-order valence-electron chi connectivity index (χ3n) is 8.25. The molecule has 1 aromatic heterocycles. The summed E-state index contributed by atoms with van der Waals surface area (Å²) in [5.74, 6) is 1.29. The van der Waals surface area contributed by atoms with E-state index in [1.54, 1.807) is 26.6 Å². The molecule has 0 bridgehead atoms. The number of hydrogen-bond acceptors (Lipinski definition) is 5. The van der Waals surface area contributed by atoms with Crippen molar-refractivity contribution in [1.29, 1.82) is 0 Å². The predicted octanol–water partition coefficient (Wildman–Crippen LogP) is 3.61. The number of amides is 3. The van der Waals surface area contributed by atoms with Crippen LogP contribution in [0.1, 0.15) is 63.1 Å². The van der Waals surface area contributed by atoms with Crippen molar-refractivity contribution in [2.24, 2.45) is 11.3 Å². The van der Waals surface area contributed by atoms with Crippen molar-refractivity contribution in [3.05, 3.63) is 48.0 Å². The lowest BCUT2D eigenvalue weighted by molar-refractivity contribution is -0.143. The Bertz CT molecular complexity index is 1040. The van der Waals surface area contributed by atoms with Crippen molar-refractivity contribution in [3.8, 4) is 5.75 Å². The maximum atomic E-state index is 13.7. The van der Waals surface area contributed by atoms with E-state index in [9.17, 15) is 14.4 Å². The summed E-state index contributed by atoms with van der Waals surface area (Å²) in [6.07, 6.45) is 10.8. The van der Waals surface area contributed by atoms with Crippen LogP contribution in [0.25, 0.3) is 0 Å². The summed E-state index contributed by atoms with van der Waals surface area (Å²) < 4.78 is 5.25. The maximum absolute atomic E-state index is 13.7. The number of nitrogens with one attached hydrogen (secondary N) is 3. The van der Waals surface area contributed by atoms with Gasteiger partial charge in [-0.15, -0.1) is 0 Å². The molecule has 9 heteroatoms. The van der Waals surface area contributed by atoms with Crippen LogP contribution in [0.2, 0.25) is 0 Å². The number of ketones is 1. The first-order valence-corrected chi connectivity index (χ1v) is 13.4. The fraction of sp³-hybridized carbons (Fsp3) is 0.571. The van der Waals surface area contributed by atoms with Crippen LogP contribution in [0.15, 0.2) is 36.8 Å². The first-order chi connectivity index (χ1) is 17.9. The van der Waals surface area contributed by atoms with Crippen molar-refractivity contribution in [2.75, 3.05) is 20.2 Å². The van der Waals surface area contributed by atoms with Crippen LogP contribution in [-0.4, -0.2) is 58.8 Å². The molecule has 3 N–H and O–H groups in total. The maximum Gasteiger partial charge on any atom is 0.315 e. The number of Topliss-reactive ketones (excluding diaryl/α,β-unsaturated/α-hetero) is 1. The van der Waals surface area contributed by atoms with Gasteiger partial charge in [-0.1, -0.05) is 31.4 Å². The molecule has 1 unspecified atom stereocenters. The predicted molar refractivity (Wildman–Crippen MR) is 140 cm³/mol. The van der Waals surface area contributed by atoms with Crippen molar-refractivity contribution in [2.45, 2.75) is 70.9 Å². The average molecular weight is 510 g/mol. The van der Waals surface area contributed by atoms with E-state index in [1.165, 1.54) is 19.3 Å². The number of nitrogens with zero attached hydrogens (tertiary/aromatic N) is 2. The minimum Gasteiger partial charge on any atom is -0.497 e. The quantitative estimate of drug-likeness (QED) is 0.478. The number of aromatic amines is 1. The summed E-state index contributed by atoms with van der Waals surface area (Å²) in [6.45, 7) is 3.07. The van der Waals surface area contributed by atoms with Gasteiger partial charge in [0.2, 0.25) is 5.91 Å². The van der Waals surface area contributed by atoms with Crippen molar-refractivity contribution >= 4 is 17.7 Å². The number of methoxy groups -OCH3 is 1. The Kier molecular flexibility index (Phi) is 8.84. The van der Waals surface area contributed by atoms with Crippen molar-refractivity contribution in [3.63, 3.8) is 0 Å². The molecule has 2 aliphatic rings. The van der Waals surface area contributed by atoms with E-state index in [2.05, 4.69) is 20.6 Å². The number of ether oxygens (including phenoxy) is 1. The summed E-state index contributed by atoms with van der Waals surface area (Å²) in [6, 6.07) is 6.36. The number of piperidine rings is 1. The lowest BCUT2D eigenvalue weighted by Crippen LogP contribution is -2.56. The van der Waals surface area contributed by atoms with E-state index in [0.29, 0.717) is 38.3 Å². The number of hydrogen-bond donors (Lipinski definition) is 3. The van der Waals surface area contributed by atoms with Gasteiger partial charge in [0, 0.05) is 31.1 Å². The monoisotopic (exact) mass is 509 g/mol. The second kappa shape index (κ2) is 12.3. The van der Waals surface area contributed by atoms with Crippen LogP contribution in [-0.2, 0) is 22.6 Å². The van der Waals surface area contributed by atoms with Gasteiger partial charge in [-0.3, -0.25) is 9.59 Å². The second-order valence-corrected chi connectivity index (χ2v) is 10.4. The molecule has 1 atom stereocenters. The average Bonchev–Trinajstić information content (AvgIpc) is 3.46. The van der Waals surface area contributed by atoms with E-state index in [0.717, 1.165) is 29.8 Å². The summed E-state index contributed by atoms with van der Waals surface area (Å²) in [4.78, 5) is 48.0. The van der Waals surface area contributed by atoms with Gasteiger partial charge >= 0.3 is 6.03 Å². The van der Waals surface area contributed by atoms with Crippen molar-refractivity contribution < 1.29 is 19.1 Å². The van der Waals surface area contributed by atoms with E-state index >= 15 is 0 Å². The zero-order valence-corrected chi connectivity index (χ0v) is 21.9. The van der Waals surface area contributed by atoms with Crippen molar-refractivity contribution in [1.82, 2.24) is 25.5 Å². The van der Waals surface area contributed by atoms with Crippen LogP contribution < -0.4 is 15.4 Å². The normalized spacial score (nSPS) is 18.6. The molecular formula is C28H39N5O4. The lowest BCUT2D eigenvalue weighted by Gasteiger charge is -2.47. The van der Waals surface area contributed by atoms with Gasteiger partial charge in [-0.2, -0.15) is 0 Å². The number of urea groups is 1. The van der Waals surface area contributed by atoms with Gasteiger partial charge in [0.25, 0.3) is 0 Å². The summed E-state index contributed by atoms with van der Waals surface area (Å²) in [5, 5.41) is 5.68. The highest BCUT2D eigenvalue weighted by Crippen LogP contribution is 2.46. The second-order valence-electron chi connectivity index (χ2n) is 10.4. The Morgan fingerprint density at radius 3 is 2.43 bits per heavy atom. The number of aromatic nitrogens is 2. The summed E-state index contributed by atoms with van der Waals surface area (Å²) in [7, 11) is 1.61. The van der Waals surface area contributed by atoms with Crippen LogP contribution in [0, 0.1) is 11.3 Å². The third-order valence-corrected chi connectivity index (χ3v) is 8.25. The molecule has 0 radical (unpaired) electrons. The molecule has 1 saturated heterocycles. The Balaban J connectivity index is 1.44. The van der Waals surface area contributed by atoms with Crippen LogP contribution >= 0.6 is 0 Å². The molecule has 1 aromatic carbocycles. The highest BCUT2D eigenvalue weighted by Gasteiger charge is 2.46. The van der Waals surface area contributed by atoms with Gasteiger partial charge in [-0.05, 0) is 56.2 Å². The third kappa shape index (κ3) is 6.50. The molecule has 0 spiro atoms. The standard InChI is InChI=1S/C28H39N5O4/c1-20(34)28(22-6-4-3-5-7-22)12-14-33(15-13-28)26(35)25(16-21-8-10-24(37-2)11-9-21)32-27(36)30-18-23-17-29-19-31-23/h8-11,17,19,22,25H,3-7,12-16,18H2,1-2H3,(H,29,31)(H2,30,32,36). The first kappa shape index (κ1) is 26.7.